The Morgan fingerprint density at radius 2 is 2.05 bits per heavy atom. The molecule has 19 heavy (non-hydrogen) atoms. The monoisotopic (exact) mass is 283 g/mol. The Kier molecular flexibility index (Phi) is 3.36. The lowest BCUT2D eigenvalue weighted by Crippen LogP contribution is -2.26. The summed E-state index contributed by atoms with van der Waals surface area (Å²) in [6, 6.07) is 1.76. The molecule has 2 aromatic heterocycles. The number of hydrogen-bond donors (Lipinski definition) is 0. The van der Waals surface area contributed by atoms with Gasteiger partial charge in [-0.05, 0) is 13.8 Å². The fourth-order valence-corrected chi connectivity index (χ4v) is 2.67. The molecule has 0 spiro atoms. The van der Waals surface area contributed by atoms with E-state index in [-0.39, 0.29) is 10.9 Å². The summed E-state index contributed by atoms with van der Waals surface area (Å²) in [6.07, 6.45) is 4.58. The Bertz CT molecular complexity index is 671. The van der Waals surface area contributed by atoms with Crippen LogP contribution in [0, 0.1) is 0 Å². The molecule has 0 aliphatic rings. The van der Waals surface area contributed by atoms with E-state index in [0.717, 1.165) is 4.31 Å². The third-order valence-corrected chi connectivity index (χ3v) is 4.50. The first kappa shape index (κ1) is 13.6. The number of anilines is 1. The number of rotatable bonds is 4. The first-order valence-corrected chi connectivity index (χ1v) is 7.29. The molecule has 7 nitrogen and oxygen atoms in total. The second-order valence-electron chi connectivity index (χ2n) is 4.57. The molecule has 0 saturated heterocycles. The molecule has 0 fully saturated rings. The third-order valence-electron chi connectivity index (χ3n) is 2.79. The lowest BCUT2D eigenvalue weighted by Gasteiger charge is -2.15. The Morgan fingerprint density at radius 3 is 2.53 bits per heavy atom. The fraction of sp³-hybridized carbons (Fsp3) is 0.455. The van der Waals surface area contributed by atoms with Gasteiger partial charge in [-0.15, -0.1) is 0 Å². The molecule has 0 aromatic carbocycles. The van der Waals surface area contributed by atoms with Crippen LogP contribution in [0.5, 0.6) is 0 Å². The van der Waals surface area contributed by atoms with E-state index in [9.17, 15) is 8.42 Å². The van der Waals surface area contributed by atoms with Crippen LogP contribution in [0.3, 0.4) is 0 Å². The normalized spacial score (nSPS) is 12.1. The van der Waals surface area contributed by atoms with Crippen LogP contribution in [0.2, 0.25) is 0 Å². The van der Waals surface area contributed by atoms with Gasteiger partial charge in [0.1, 0.15) is 4.90 Å². The Labute approximate surface area is 112 Å². The second-order valence-corrected chi connectivity index (χ2v) is 6.54. The Hall–Kier alpha value is -1.83. The summed E-state index contributed by atoms with van der Waals surface area (Å²) in [5.41, 5.74) is 0. The van der Waals surface area contributed by atoms with Gasteiger partial charge in [0.25, 0.3) is 10.0 Å². The van der Waals surface area contributed by atoms with Crippen molar-refractivity contribution in [3.05, 3.63) is 24.7 Å². The van der Waals surface area contributed by atoms with Crippen molar-refractivity contribution in [1.82, 2.24) is 19.6 Å². The minimum absolute atomic E-state index is 0.115. The first-order chi connectivity index (χ1) is 8.82. The van der Waals surface area contributed by atoms with Gasteiger partial charge in [-0.3, -0.25) is 13.7 Å². The lowest BCUT2D eigenvalue weighted by atomic mass is 10.4. The van der Waals surface area contributed by atoms with Gasteiger partial charge in [0.15, 0.2) is 5.82 Å². The fourth-order valence-electron chi connectivity index (χ4n) is 1.59. The van der Waals surface area contributed by atoms with Gasteiger partial charge >= 0.3 is 0 Å². The molecule has 0 saturated carbocycles. The maximum atomic E-state index is 12.4. The molecule has 2 rings (SSSR count). The highest BCUT2D eigenvalue weighted by Crippen LogP contribution is 2.20. The molecule has 0 N–H and O–H groups in total. The number of sulfonamides is 1. The molecule has 0 atom stereocenters. The topological polar surface area (TPSA) is 73.0 Å². The molecule has 0 amide bonds. The summed E-state index contributed by atoms with van der Waals surface area (Å²) in [5, 5.41) is 8.13. The molecule has 0 aliphatic carbocycles. The third kappa shape index (κ3) is 2.48. The zero-order valence-electron chi connectivity index (χ0n) is 11.3. The Morgan fingerprint density at radius 1 is 1.37 bits per heavy atom. The van der Waals surface area contributed by atoms with Gasteiger partial charge in [0.2, 0.25) is 0 Å². The summed E-state index contributed by atoms with van der Waals surface area (Å²) in [7, 11) is -0.404. The average Bonchev–Trinajstić information content (AvgIpc) is 2.96. The summed E-state index contributed by atoms with van der Waals surface area (Å²) < 4.78 is 29.1. The van der Waals surface area contributed by atoms with Crippen molar-refractivity contribution in [2.75, 3.05) is 11.4 Å². The van der Waals surface area contributed by atoms with Crippen molar-refractivity contribution in [1.29, 1.82) is 0 Å². The summed E-state index contributed by atoms with van der Waals surface area (Å²) in [4.78, 5) is 0.161. The van der Waals surface area contributed by atoms with Gasteiger partial charge in [0, 0.05) is 38.6 Å². The number of hydrogen-bond acceptors (Lipinski definition) is 4. The van der Waals surface area contributed by atoms with Crippen LogP contribution in [0.1, 0.15) is 19.9 Å². The SMILES string of the molecule is CC(C)n1cc(S(=O)(=O)N(C)c2ccn(C)n2)cn1. The van der Waals surface area contributed by atoms with E-state index in [0.29, 0.717) is 5.82 Å². The second kappa shape index (κ2) is 4.69. The first-order valence-electron chi connectivity index (χ1n) is 5.85. The zero-order chi connectivity index (χ0) is 14.2. The highest BCUT2D eigenvalue weighted by atomic mass is 32.2. The molecule has 104 valence electrons. The summed E-state index contributed by atoms with van der Waals surface area (Å²) >= 11 is 0. The maximum Gasteiger partial charge on any atom is 0.268 e. The van der Waals surface area contributed by atoms with E-state index >= 15 is 0 Å². The number of aromatic nitrogens is 4. The van der Waals surface area contributed by atoms with Crippen molar-refractivity contribution in [2.24, 2.45) is 7.05 Å². The van der Waals surface area contributed by atoms with E-state index in [1.54, 1.807) is 28.7 Å². The van der Waals surface area contributed by atoms with Gasteiger partial charge in [-0.2, -0.15) is 10.2 Å². The number of aryl methyl sites for hydroxylation is 1. The summed E-state index contributed by atoms with van der Waals surface area (Å²) in [6.45, 7) is 3.87. The van der Waals surface area contributed by atoms with Crippen LogP contribution < -0.4 is 4.31 Å². The van der Waals surface area contributed by atoms with Crippen molar-refractivity contribution < 1.29 is 8.42 Å². The average molecular weight is 283 g/mol. The van der Waals surface area contributed by atoms with Crippen LogP contribution in [0.25, 0.3) is 0 Å². The van der Waals surface area contributed by atoms with Crippen LogP contribution in [0.15, 0.2) is 29.6 Å². The van der Waals surface area contributed by atoms with Crippen LogP contribution in [0.4, 0.5) is 5.82 Å². The molecular formula is C11H17N5O2S. The van der Waals surface area contributed by atoms with E-state index < -0.39 is 10.0 Å². The molecule has 0 aliphatic heterocycles. The van der Waals surface area contributed by atoms with Gasteiger partial charge < -0.3 is 0 Å². The predicted molar refractivity (Wildman–Crippen MR) is 71.4 cm³/mol. The van der Waals surface area contributed by atoms with Crippen molar-refractivity contribution >= 4 is 15.8 Å². The largest absolute Gasteiger partial charge is 0.274 e. The number of nitrogens with zero attached hydrogens (tertiary/aromatic N) is 5. The Balaban J connectivity index is 2.36. The quantitative estimate of drug-likeness (QED) is 0.840. The van der Waals surface area contributed by atoms with Crippen LogP contribution in [-0.4, -0.2) is 35.0 Å². The molecule has 2 heterocycles. The van der Waals surface area contributed by atoms with Crippen molar-refractivity contribution in [2.45, 2.75) is 24.8 Å². The van der Waals surface area contributed by atoms with Crippen LogP contribution >= 0.6 is 0 Å². The molecule has 2 aromatic rings. The molecule has 0 radical (unpaired) electrons. The zero-order valence-corrected chi connectivity index (χ0v) is 12.2. The molecule has 0 unspecified atom stereocenters. The van der Waals surface area contributed by atoms with Crippen LogP contribution in [-0.2, 0) is 17.1 Å². The van der Waals surface area contributed by atoms with E-state index in [4.69, 9.17) is 0 Å². The highest BCUT2D eigenvalue weighted by molar-refractivity contribution is 7.92. The summed E-state index contributed by atoms with van der Waals surface area (Å²) in [5.74, 6) is 0.375. The van der Waals surface area contributed by atoms with E-state index in [1.807, 2.05) is 13.8 Å². The van der Waals surface area contributed by atoms with Crippen molar-refractivity contribution in [3.8, 4) is 0 Å². The minimum Gasteiger partial charge on any atom is -0.274 e. The van der Waals surface area contributed by atoms with E-state index in [1.165, 1.54) is 19.4 Å². The maximum absolute atomic E-state index is 12.4. The van der Waals surface area contributed by atoms with Gasteiger partial charge in [-0.1, -0.05) is 0 Å². The smallest absolute Gasteiger partial charge is 0.268 e. The molecule has 8 heteroatoms. The predicted octanol–water partition coefficient (Wildman–Crippen LogP) is 1.02. The standard InChI is InChI=1S/C11H17N5O2S/c1-9(2)16-8-10(7-12-16)19(17,18)15(4)11-5-6-14(3)13-11/h5-9H,1-4H3. The lowest BCUT2D eigenvalue weighted by molar-refractivity contribution is 0.531. The highest BCUT2D eigenvalue weighted by Gasteiger charge is 2.24. The molecular weight excluding hydrogens is 266 g/mol. The van der Waals surface area contributed by atoms with Gasteiger partial charge in [-0.25, -0.2) is 8.42 Å². The van der Waals surface area contributed by atoms with Crippen molar-refractivity contribution in [3.63, 3.8) is 0 Å². The minimum atomic E-state index is -3.62. The van der Waals surface area contributed by atoms with Gasteiger partial charge in [0.05, 0.1) is 6.20 Å². The van der Waals surface area contributed by atoms with E-state index in [2.05, 4.69) is 10.2 Å². The molecule has 0 bridgehead atoms.